The van der Waals surface area contributed by atoms with Crippen LogP contribution in [0.4, 0.5) is 0 Å². The van der Waals surface area contributed by atoms with Gasteiger partial charge in [0.15, 0.2) is 11.6 Å². The lowest BCUT2D eigenvalue weighted by Gasteiger charge is -2.15. The molecular formula is C7H4BN4O. The average molecular weight is 171 g/mol. The molecule has 5 nitrogen and oxygen atoms in total. The Bertz CT molecular complexity index is 455. The standard InChI is InChI=1S/C7H4BN4O/c1-2-12-6-5(3-9-4-11-6)13-8-7(12)10-1/h1-4H. The maximum atomic E-state index is 5.27. The quantitative estimate of drug-likeness (QED) is 0.491. The molecule has 0 fully saturated rings. The van der Waals surface area contributed by atoms with Crippen LogP contribution in [0, 0.1) is 0 Å². The monoisotopic (exact) mass is 171 g/mol. The van der Waals surface area contributed by atoms with Crippen molar-refractivity contribution < 1.29 is 4.65 Å². The first-order valence-electron chi connectivity index (χ1n) is 3.79. The van der Waals surface area contributed by atoms with Gasteiger partial charge in [-0.25, -0.2) is 15.0 Å². The molecule has 0 unspecified atom stereocenters. The van der Waals surface area contributed by atoms with Gasteiger partial charge in [0.25, 0.3) is 0 Å². The molecule has 0 saturated heterocycles. The van der Waals surface area contributed by atoms with Gasteiger partial charge in [-0.1, -0.05) is 0 Å². The molecule has 2 aromatic rings. The summed E-state index contributed by atoms with van der Waals surface area (Å²) in [6.07, 6.45) is 6.64. The van der Waals surface area contributed by atoms with Crippen LogP contribution in [0.3, 0.4) is 0 Å². The minimum Gasteiger partial charge on any atom is -0.552 e. The summed E-state index contributed by atoms with van der Waals surface area (Å²) in [5.41, 5.74) is 0.742. The number of imidazole rings is 1. The zero-order valence-corrected chi connectivity index (χ0v) is 6.58. The highest BCUT2D eigenvalue weighted by Crippen LogP contribution is 2.19. The molecule has 3 rings (SSSR count). The molecule has 0 aromatic carbocycles. The van der Waals surface area contributed by atoms with Crippen LogP contribution in [0.2, 0.25) is 0 Å². The van der Waals surface area contributed by atoms with Crippen LogP contribution in [0.1, 0.15) is 0 Å². The summed E-state index contributed by atoms with van der Waals surface area (Å²) in [4.78, 5) is 12.0. The van der Waals surface area contributed by atoms with Crippen molar-refractivity contribution in [1.29, 1.82) is 0 Å². The molecule has 0 spiro atoms. The molecule has 0 aliphatic carbocycles. The van der Waals surface area contributed by atoms with Gasteiger partial charge in [0.1, 0.15) is 12.1 Å². The zero-order valence-electron chi connectivity index (χ0n) is 6.58. The molecule has 0 N–H and O–H groups in total. The van der Waals surface area contributed by atoms with Crippen LogP contribution in [0.5, 0.6) is 5.75 Å². The first kappa shape index (κ1) is 6.65. The Labute approximate surface area is 74.7 Å². The van der Waals surface area contributed by atoms with Crippen LogP contribution in [-0.4, -0.2) is 27.0 Å². The summed E-state index contributed by atoms with van der Waals surface area (Å²) in [6, 6.07) is 0. The summed E-state index contributed by atoms with van der Waals surface area (Å²) < 4.78 is 7.12. The molecule has 1 aliphatic heterocycles. The Hall–Kier alpha value is -1.85. The molecule has 6 heteroatoms. The third-order valence-corrected chi connectivity index (χ3v) is 1.85. The highest BCUT2D eigenvalue weighted by atomic mass is 16.4. The van der Waals surface area contributed by atoms with E-state index in [0.29, 0.717) is 5.75 Å². The van der Waals surface area contributed by atoms with E-state index in [2.05, 4.69) is 15.0 Å². The third kappa shape index (κ3) is 0.852. The van der Waals surface area contributed by atoms with Crippen LogP contribution in [-0.2, 0) is 0 Å². The second kappa shape index (κ2) is 2.32. The topological polar surface area (TPSA) is 52.8 Å². The van der Waals surface area contributed by atoms with Crippen molar-refractivity contribution in [3.8, 4) is 11.6 Å². The van der Waals surface area contributed by atoms with Crippen LogP contribution in [0.25, 0.3) is 5.82 Å². The van der Waals surface area contributed by atoms with E-state index >= 15 is 0 Å². The van der Waals surface area contributed by atoms with E-state index in [0.717, 1.165) is 11.5 Å². The van der Waals surface area contributed by atoms with Gasteiger partial charge >= 0.3 is 7.48 Å². The van der Waals surface area contributed by atoms with Crippen molar-refractivity contribution in [2.24, 2.45) is 0 Å². The first-order chi connectivity index (χ1) is 6.45. The highest BCUT2D eigenvalue weighted by molar-refractivity contribution is 6.46. The fourth-order valence-corrected chi connectivity index (χ4v) is 1.27. The minimum absolute atomic E-state index is 0.646. The molecule has 1 radical (unpaired) electrons. The summed E-state index contributed by atoms with van der Waals surface area (Å²) in [5, 5.41) is 0. The van der Waals surface area contributed by atoms with Gasteiger partial charge in [0.05, 0.1) is 6.20 Å². The van der Waals surface area contributed by atoms with Crippen molar-refractivity contribution in [3.05, 3.63) is 24.9 Å². The summed E-state index contributed by atoms with van der Waals surface area (Å²) in [5.74, 6) is 1.37. The number of hydrogen-bond acceptors (Lipinski definition) is 4. The van der Waals surface area contributed by atoms with E-state index in [4.69, 9.17) is 4.65 Å². The van der Waals surface area contributed by atoms with Gasteiger partial charge in [-0.05, 0) is 0 Å². The van der Waals surface area contributed by atoms with E-state index < -0.39 is 0 Å². The normalized spacial score (nSPS) is 12.3. The largest absolute Gasteiger partial charge is 0.552 e. The minimum atomic E-state index is 0.646. The van der Waals surface area contributed by atoms with Crippen molar-refractivity contribution in [3.63, 3.8) is 0 Å². The molecule has 61 valence electrons. The smallest absolute Gasteiger partial charge is 0.450 e. The maximum Gasteiger partial charge on any atom is 0.450 e. The Morgan fingerprint density at radius 3 is 3.38 bits per heavy atom. The lowest BCUT2D eigenvalue weighted by atomic mass is 9.99. The van der Waals surface area contributed by atoms with E-state index in [1.807, 2.05) is 10.8 Å². The lowest BCUT2D eigenvalue weighted by Crippen LogP contribution is -2.34. The second-order valence-electron chi connectivity index (χ2n) is 2.60. The van der Waals surface area contributed by atoms with Gasteiger partial charge in [0, 0.05) is 12.4 Å². The van der Waals surface area contributed by atoms with Crippen molar-refractivity contribution in [2.75, 3.05) is 0 Å². The molecular weight excluding hydrogens is 167 g/mol. The molecule has 2 aromatic heterocycles. The maximum absolute atomic E-state index is 5.27. The number of nitrogens with zero attached hydrogens (tertiary/aromatic N) is 4. The number of hydrogen-bond donors (Lipinski definition) is 0. The fraction of sp³-hybridized carbons (Fsp3) is 0. The zero-order chi connectivity index (χ0) is 8.67. The Balaban J connectivity index is 2.30. The van der Waals surface area contributed by atoms with Crippen LogP contribution < -0.4 is 10.4 Å². The van der Waals surface area contributed by atoms with Crippen molar-refractivity contribution >= 4 is 13.2 Å². The van der Waals surface area contributed by atoms with Gasteiger partial charge in [-0.3, -0.25) is 4.57 Å². The van der Waals surface area contributed by atoms with Crippen molar-refractivity contribution in [1.82, 2.24) is 19.5 Å². The molecule has 3 heterocycles. The molecule has 1 aliphatic rings. The van der Waals surface area contributed by atoms with Crippen LogP contribution >= 0.6 is 0 Å². The number of rotatable bonds is 0. The van der Waals surface area contributed by atoms with E-state index in [-0.39, 0.29) is 0 Å². The van der Waals surface area contributed by atoms with E-state index in [9.17, 15) is 0 Å². The number of aromatic nitrogens is 4. The first-order valence-corrected chi connectivity index (χ1v) is 3.79. The fourth-order valence-electron chi connectivity index (χ4n) is 1.27. The molecule has 0 bridgehead atoms. The summed E-state index contributed by atoms with van der Waals surface area (Å²) >= 11 is 0. The Morgan fingerprint density at radius 1 is 1.38 bits per heavy atom. The number of fused-ring (bicyclic) bond motifs is 3. The van der Waals surface area contributed by atoms with Gasteiger partial charge < -0.3 is 4.65 Å². The Morgan fingerprint density at radius 2 is 2.38 bits per heavy atom. The average Bonchev–Trinajstić information content (AvgIpc) is 2.65. The molecule has 13 heavy (non-hydrogen) atoms. The predicted octanol–water partition coefficient (Wildman–Crippen LogP) is -0.701. The van der Waals surface area contributed by atoms with Gasteiger partial charge in [-0.15, -0.1) is 0 Å². The van der Waals surface area contributed by atoms with Gasteiger partial charge in [0.2, 0.25) is 0 Å². The second-order valence-corrected chi connectivity index (χ2v) is 2.60. The van der Waals surface area contributed by atoms with Gasteiger partial charge in [-0.2, -0.15) is 0 Å². The third-order valence-electron chi connectivity index (χ3n) is 1.85. The Kier molecular flexibility index (Phi) is 1.19. The molecule has 0 atom stereocenters. The summed E-state index contributed by atoms with van der Waals surface area (Å²) in [7, 11) is 1.58. The molecule has 0 amide bonds. The lowest BCUT2D eigenvalue weighted by molar-refractivity contribution is 0.575. The van der Waals surface area contributed by atoms with E-state index in [1.54, 1.807) is 19.9 Å². The van der Waals surface area contributed by atoms with E-state index in [1.165, 1.54) is 6.33 Å². The predicted molar refractivity (Wildman–Crippen MR) is 45.2 cm³/mol. The van der Waals surface area contributed by atoms with Crippen molar-refractivity contribution in [2.45, 2.75) is 0 Å². The summed E-state index contributed by atoms with van der Waals surface area (Å²) in [6.45, 7) is 0. The van der Waals surface area contributed by atoms with Crippen LogP contribution in [0.15, 0.2) is 24.9 Å². The SMILES string of the molecule is [B]1Oc2cncnc2-n2ccnc21. The highest BCUT2D eigenvalue weighted by Gasteiger charge is 2.19. The molecule has 0 saturated carbocycles.